The average molecular weight is 717 g/mol. The Morgan fingerprint density at radius 1 is 0.411 bits per heavy atom. The lowest BCUT2D eigenvalue weighted by molar-refractivity contribution is 0.788. The van der Waals surface area contributed by atoms with Gasteiger partial charge in [-0.2, -0.15) is 0 Å². The summed E-state index contributed by atoms with van der Waals surface area (Å²) in [7, 11) is 0. The fourth-order valence-corrected chi connectivity index (χ4v) is 8.55. The van der Waals surface area contributed by atoms with Gasteiger partial charge in [0, 0.05) is 33.3 Å². The summed E-state index contributed by atoms with van der Waals surface area (Å²) in [6.07, 6.45) is 8.01. The van der Waals surface area contributed by atoms with Gasteiger partial charge in [-0.05, 0) is 76.2 Å². The fourth-order valence-electron chi connectivity index (χ4n) is 8.55. The number of anilines is 2. The molecule has 9 aromatic rings. The molecule has 0 bridgehead atoms. The van der Waals surface area contributed by atoms with Gasteiger partial charge in [-0.3, -0.25) is 0 Å². The minimum absolute atomic E-state index is 0.0896. The van der Waals surface area contributed by atoms with Crippen molar-refractivity contribution >= 4 is 38.8 Å². The van der Waals surface area contributed by atoms with Gasteiger partial charge in [0.1, 0.15) is 0 Å². The first kappa shape index (κ1) is 33.4. The maximum atomic E-state index is 2.54. The average Bonchev–Trinajstić information content (AvgIpc) is 3.62. The molecule has 0 aliphatic heterocycles. The highest BCUT2D eigenvalue weighted by atomic mass is 15.2. The molecule has 1 unspecified atom stereocenters. The van der Waals surface area contributed by atoms with Crippen LogP contribution in [0.2, 0.25) is 0 Å². The van der Waals surface area contributed by atoms with Crippen molar-refractivity contribution in [3.63, 3.8) is 0 Å². The van der Waals surface area contributed by atoms with Crippen molar-refractivity contribution in [3.05, 3.63) is 230 Å². The molecule has 0 fully saturated rings. The Morgan fingerprint density at radius 3 is 1.59 bits per heavy atom. The van der Waals surface area contributed by atoms with Crippen molar-refractivity contribution in [2.24, 2.45) is 0 Å². The second kappa shape index (κ2) is 14.6. The monoisotopic (exact) mass is 716 g/mol. The third-order valence-electron chi connectivity index (χ3n) is 11.2. The molecule has 0 radical (unpaired) electrons. The van der Waals surface area contributed by atoms with Crippen LogP contribution in [0, 0.1) is 0 Å². The number of rotatable bonds is 8. The smallest absolute Gasteiger partial charge is 0.0560 e. The largest absolute Gasteiger partial charge is 0.334 e. The number of nitrogens with zero attached hydrogens (tertiary/aromatic N) is 2. The van der Waals surface area contributed by atoms with Gasteiger partial charge in [-0.1, -0.05) is 188 Å². The third kappa shape index (κ3) is 6.02. The molecule has 8 aromatic carbocycles. The normalized spacial score (nSPS) is 13.9. The number of aromatic nitrogens is 1. The van der Waals surface area contributed by atoms with Crippen LogP contribution < -0.4 is 4.90 Å². The summed E-state index contributed by atoms with van der Waals surface area (Å²) in [4.78, 5) is 2.54. The molecule has 10 rings (SSSR count). The van der Waals surface area contributed by atoms with E-state index in [9.17, 15) is 0 Å². The zero-order valence-electron chi connectivity index (χ0n) is 31.0. The molecule has 266 valence electrons. The van der Waals surface area contributed by atoms with Crippen LogP contribution in [0.25, 0.3) is 66.4 Å². The Hall–Kier alpha value is -7.16. The van der Waals surface area contributed by atoms with Crippen LogP contribution in [-0.4, -0.2) is 10.6 Å². The third-order valence-corrected chi connectivity index (χ3v) is 11.2. The van der Waals surface area contributed by atoms with E-state index >= 15 is 0 Å². The van der Waals surface area contributed by atoms with E-state index in [2.05, 4.69) is 234 Å². The van der Waals surface area contributed by atoms with Crippen molar-refractivity contribution in [3.8, 4) is 39.1 Å². The van der Waals surface area contributed by atoms with Gasteiger partial charge >= 0.3 is 0 Å². The molecule has 56 heavy (non-hydrogen) atoms. The van der Waals surface area contributed by atoms with E-state index in [0.717, 1.165) is 17.8 Å². The lowest BCUT2D eigenvalue weighted by Gasteiger charge is -2.35. The minimum atomic E-state index is 0.0896. The summed E-state index contributed by atoms with van der Waals surface area (Å²) in [5.41, 5.74) is 15.7. The second-order valence-electron chi connectivity index (χ2n) is 14.4. The Bertz CT molecular complexity index is 2830. The Labute approximate surface area is 328 Å². The summed E-state index contributed by atoms with van der Waals surface area (Å²) in [5, 5.41) is 2.52. The maximum Gasteiger partial charge on any atom is 0.0560 e. The topological polar surface area (TPSA) is 8.17 Å². The van der Waals surface area contributed by atoms with Gasteiger partial charge in [-0.15, -0.1) is 0 Å². The molecule has 2 heteroatoms. The molecule has 0 N–H and O–H groups in total. The minimum Gasteiger partial charge on any atom is -0.334 e. The van der Waals surface area contributed by atoms with Crippen LogP contribution in [0.4, 0.5) is 11.4 Å². The van der Waals surface area contributed by atoms with E-state index in [4.69, 9.17) is 0 Å². The molecule has 2 nitrogen and oxygen atoms in total. The predicted octanol–water partition coefficient (Wildman–Crippen LogP) is 14.3. The van der Waals surface area contributed by atoms with Crippen LogP contribution in [-0.2, 0) is 0 Å². The number of hydrogen-bond donors (Lipinski definition) is 0. The highest BCUT2D eigenvalue weighted by Gasteiger charge is 2.25. The van der Waals surface area contributed by atoms with Crippen molar-refractivity contribution in [1.29, 1.82) is 0 Å². The number of para-hydroxylation sites is 4. The Balaban J connectivity index is 1.11. The molecule has 1 aromatic heterocycles. The van der Waals surface area contributed by atoms with E-state index < -0.39 is 0 Å². The molecule has 1 heterocycles. The highest BCUT2D eigenvalue weighted by molar-refractivity contribution is 6.10. The van der Waals surface area contributed by atoms with E-state index in [1.807, 2.05) is 0 Å². The predicted molar refractivity (Wildman–Crippen MR) is 238 cm³/mol. The molecule has 0 saturated carbocycles. The highest BCUT2D eigenvalue weighted by Crippen LogP contribution is 2.43. The van der Waals surface area contributed by atoms with Crippen LogP contribution in [0.1, 0.15) is 12.0 Å². The van der Waals surface area contributed by atoms with Gasteiger partial charge < -0.3 is 9.47 Å². The van der Waals surface area contributed by atoms with Crippen molar-refractivity contribution in [1.82, 2.24) is 4.57 Å². The first-order valence-corrected chi connectivity index (χ1v) is 19.5. The van der Waals surface area contributed by atoms with Crippen molar-refractivity contribution in [2.75, 3.05) is 4.90 Å². The summed E-state index contributed by atoms with van der Waals surface area (Å²) >= 11 is 0. The zero-order valence-corrected chi connectivity index (χ0v) is 31.0. The molecule has 0 spiro atoms. The van der Waals surface area contributed by atoms with Crippen molar-refractivity contribution < 1.29 is 0 Å². The molecule has 0 saturated heterocycles. The first-order chi connectivity index (χ1) is 27.8. The number of fused-ring (bicyclic) bond motifs is 3. The number of benzene rings is 8. The van der Waals surface area contributed by atoms with Crippen LogP contribution in [0.5, 0.6) is 0 Å². The van der Waals surface area contributed by atoms with Gasteiger partial charge in [0.25, 0.3) is 0 Å². The zero-order chi connectivity index (χ0) is 37.3. The summed E-state index contributed by atoms with van der Waals surface area (Å²) in [5.74, 6) is 0. The Morgan fingerprint density at radius 2 is 0.929 bits per heavy atom. The first-order valence-electron chi connectivity index (χ1n) is 19.5. The van der Waals surface area contributed by atoms with E-state index in [1.54, 1.807) is 0 Å². The summed E-state index contributed by atoms with van der Waals surface area (Å²) < 4.78 is 2.44. The number of allylic oxidation sites excluding steroid dienone is 2. The lowest BCUT2D eigenvalue weighted by Crippen LogP contribution is -2.30. The van der Waals surface area contributed by atoms with Gasteiger partial charge in [0.15, 0.2) is 0 Å². The van der Waals surface area contributed by atoms with E-state index in [1.165, 1.54) is 72.0 Å². The quantitative estimate of drug-likeness (QED) is 0.152. The molecular weight excluding hydrogens is 677 g/mol. The fraction of sp³-hybridized carbons (Fsp3) is 0.0370. The van der Waals surface area contributed by atoms with Crippen LogP contribution in [0.3, 0.4) is 0 Å². The number of hydrogen-bond acceptors (Lipinski definition) is 1. The maximum absolute atomic E-state index is 2.54. The molecule has 0 amide bonds. The van der Waals surface area contributed by atoms with Crippen LogP contribution in [0.15, 0.2) is 224 Å². The Kier molecular flexibility index (Phi) is 8.70. The molecule has 1 aliphatic rings. The summed E-state index contributed by atoms with van der Waals surface area (Å²) in [6.45, 7) is 0. The van der Waals surface area contributed by atoms with Crippen LogP contribution >= 0.6 is 0 Å². The SMILES string of the molecule is C1=CC(N(c2ccc(-c3ccccc3)cc2)c2ccccc2-c2ccccc2-n2c3ccccc3c3ccccc32)CC=C1c1ccccc1-c1ccccc1. The van der Waals surface area contributed by atoms with E-state index in [-0.39, 0.29) is 6.04 Å². The van der Waals surface area contributed by atoms with Gasteiger partial charge in [0.05, 0.1) is 22.8 Å². The standard InChI is InChI=1S/C54H40N2/c1-3-17-39(18-4-1)40-31-35-43(36-32-40)55(44-37-33-42(34-38-44)46-22-8-7-21-45(46)41-19-5-2-6-20-41)51-27-13-9-23-47(51)48-24-10-14-28-52(48)56-53-29-15-11-25-49(53)50-26-12-16-30-54(50)56/h1-37,44H,38H2. The lowest BCUT2D eigenvalue weighted by atomic mass is 9.90. The molecule has 1 aliphatic carbocycles. The molecular formula is C54H40N2. The van der Waals surface area contributed by atoms with Crippen molar-refractivity contribution in [2.45, 2.75) is 12.5 Å². The van der Waals surface area contributed by atoms with E-state index in [0.29, 0.717) is 0 Å². The van der Waals surface area contributed by atoms with Gasteiger partial charge in [0.2, 0.25) is 0 Å². The second-order valence-corrected chi connectivity index (χ2v) is 14.4. The van der Waals surface area contributed by atoms with Gasteiger partial charge in [-0.25, -0.2) is 0 Å². The summed E-state index contributed by atoms with van der Waals surface area (Å²) in [6, 6.07) is 74.6. The molecule has 1 atom stereocenters.